The lowest BCUT2D eigenvalue weighted by Gasteiger charge is -2.29. The molecule has 16 N–H and O–H groups in total. The van der Waals surface area contributed by atoms with E-state index in [2.05, 4.69) is 44.5 Å². The van der Waals surface area contributed by atoms with E-state index in [0.29, 0.717) is 12.8 Å². The van der Waals surface area contributed by atoms with E-state index in [1.807, 2.05) is 0 Å². The first-order valence-corrected chi connectivity index (χ1v) is 17.2. The molecule has 22 nitrogen and oxygen atoms in total. The summed E-state index contributed by atoms with van der Waals surface area (Å²) in [7, 11) is 0. The summed E-state index contributed by atoms with van der Waals surface area (Å²) in [4.78, 5) is 112. The molecule has 8 atom stereocenters. The standard InChI is InChI=1S/C30H53N9O13S/c1-13(2)22(28(49)34-16(6-4-5-9-31)25(46)35-17(30(51)52)7-8-21(43)44)38-29(50)23(14(3)41)39-27(48)19(11-40)37-26(47)18(10-20(33)42)36-24(45)15(32)12-53/h13-19,22-23,40-41,53H,4-12,31-32H2,1-3H3,(H2,33,42)(H,34,49)(H,35,46)(H,36,45)(H,37,47)(H,38,50)(H,39,48)(H,43,44)(H,51,52)/t14-,15+,16+,17+,18+,19+,22+,23+/m1/s1. The average Bonchev–Trinajstić information content (AvgIpc) is 3.07. The average molecular weight is 780 g/mol. The van der Waals surface area contributed by atoms with Crippen LogP contribution in [-0.2, 0) is 43.2 Å². The fourth-order valence-electron chi connectivity index (χ4n) is 4.50. The number of hydrogen-bond donors (Lipinski definition) is 14. The number of thiol groups is 1. The van der Waals surface area contributed by atoms with Gasteiger partial charge in [0.2, 0.25) is 41.4 Å². The molecule has 0 saturated carbocycles. The number of rotatable bonds is 26. The van der Waals surface area contributed by atoms with Crippen molar-refractivity contribution in [2.45, 2.75) is 108 Å². The largest absolute Gasteiger partial charge is 0.481 e. The van der Waals surface area contributed by atoms with Gasteiger partial charge in [0.05, 0.1) is 25.2 Å². The second kappa shape index (κ2) is 24.6. The predicted octanol–water partition coefficient (Wildman–Crippen LogP) is -5.86. The molecule has 0 saturated heterocycles. The molecule has 7 amide bonds. The van der Waals surface area contributed by atoms with Crippen LogP contribution in [0, 0.1) is 5.92 Å². The van der Waals surface area contributed by atoms with Gasteiger partial charge in [0.15, 0.2) is 0 Å². The summed E-state index contributed by atoms with van der Waals surface area (Å²) in [5, 5.41) is 52.1. The number of nitrogens with one attached hydrogen (secondary N) is 6. The van der Waals surface area contributed by atoms with Crippen LogP contribution in [0.15, 0.2) is 0 Å². The fourth-order valence-corrected chi connectivity index (χ4v) is 4.66. The summed E-state index contributed by atoms with van der Waals surface area (Å²) in [6, 6.07) is -10.7. The van der Waals surface area contributed by atoms with Crippen LogP contribution in [0.2, 0.25) is 0 Å². The Morgan fingerprint density at radius 1 is 0.660 bits per heavy atom. The topological polar surface area (TPSA) is 385 Å². The monoisotopic (exact) mass is 779 g/mol. The summed E-state index contributed by atoms with van der Waals surface area (Å²) < 4.78 is 0. The molecule has 0 aromatic rings. The maximum atomic E-state index is 13.4. The van der Waals surface area contributed by atoms with Crippen molar-refractivity contribution in [2.24, 2.45) is 23.1 Å². The van der Waals surface area contributed by atoms with Crippen LogP contribution in [0.25, 0.3) is 0 Å². The van der Waals surface area contributed by atoms with E-state index < -0.39 is 133 Å². The van der Waals surface area contributed by atoms with E-state index in [4.69, 9.17) is 22.3 Å². The lowest BCUT2D eigenvalue weighted by Crippen LogP contribution is -2.63. The summed E-state index contributed by atoms with van der Waals surface area (Å²) in [5.74, 6) is -10.7. The molecule has 0 aromatic heterocycles. The van der Waals surface area contributed by atoms with Gasteiger partial charge in [0.25, 0.3) is 0 Å². The maximum Gasteiger partial charge on any atom is 0.326 e. The van der Waals surface area contributed by atoms with Crippen molar-refractivity contribution in [3.05, 3.63) is 0 Å². The van der Waals surface area contributed by atoms with Crippen molar-refractivity contribution in [2.75, 3.05) is 18.9 Å². The highest BCUT2D eigenvalue weighted by molar-refractivity contribution is 7.80. The van der Waals surface area contributed by atoms with Crippen molar-refractivity contribution in [3.63, 3.8) is 0 Å². The minimum Gasteiger partial charge on any atom is -0.481 e. The first kappa shape index (κ1) is 48.4. The van der Waals surface area contributed by atoms with Crippen LogP contribution < -0.4 is 49.1 Å². The maximum absolute atomic E-state index is 13.4. The quantitative estimate of drug-likeness (QED) is 0.0287. The summed E-state index contributed by atoms with van der Waals surface area (Å²) in [5.41, 5.74) is 16.3. The number of carbonyl (C=O) groups excluding carboxylic acids is 7. The third-order valence-electron chi connectivity index (χ3n) is 7.54. The molecule has 302 valence electrons. The molecule has 0 aromatic carbocycles. The minimum atomic E-state index is -1.79. The van der Waals surface area contributed by atoms with Crippen molar-refractivity contribution in [3.8, 4) is 0 Å². The molecule has 0 aliphatic carbocycles. The number of carbonyl (C=O) groups is 9. The van der Waals surface area contributed by atoms with Crippen molar-refractivity contribution < 1.29 is 63.6 Å². The third-order valence-corrected chi connectivity index (χ3v) is 7.93. The number of carboxylic acid groups (broad SMARTS) is 2. The number of hydrogen-bond acceptors (Lipinski definition) is 14. The highest BCUT2D eigenvalue weighted by atomic mass is 32.1. The van der Waals surface area contributed by atoms with Crippen molar-refractivity contribution in [1.29, 1.82) is 0 Å². The summed E-state index contributed by atoms with van der Waals surface area (Å²) >= 11 is 3.88. The number of aliphatic hydroxyl groups excluding tert-OH is 2. The van der Waals surface area contributed by atoms with Gasteiger partial charge in [0, 0.05) is 12.2 Å². The number of amides is 7. The zero-order chi connectivity index (χ0) is 41.0. The Morgan fingerprint density at radius 3 is 1.62 bits per heavy atom. The normalized spacial score (nSPS) is 15.6. The van der Waals surface area contributed by atoms with Crippen LogP contribution in [0.3, 0.4) is 0 Å². The lowest BCUT2D eigenvalue weighted by atomic mass is 10.0. The Labute approximate surface area is 310 Å². The predicted molar refractivity (Wildman–Crippen MR) is 188 cm³/mol. The van der Waals surface area contributed by atoms with Gasteiger partial charge in [-0.25, -0.2) is 4.79 Å². The third kappa shape index (κ3) is 18.1. The Hall–Kier alpha value is -4.58. The molecule has 0 aliphatic rings. The van der Waals surface area contributed by atoms with Gasteiger partial charge < -0.3 is 69.5 Å². The molecular formula is C30H53N9O13S. The van der Waals surface area contributed by atoms with Gasteiger partial charge in [0.1, 0.15) is 36.3 Å². The Morgan fingerprint density at radius 2 is 1.15 bits per heavy atom. The summed E-state index contributed by atoms with van der Waals surface area (Å²) in [6.07, 6.45) is -2.59. The molecule has 53 heavy (non-hydrogen) atoms. The van der Waals surface area contributed by atoms with Crippen LogP contribution in [0.1, 0.15) is 59.3 Å². The van der Waals surface area contributed by atoms with Crippen LogP contribution >= 0.6 is 12.6 Å². The van der Waals surface area contributed by atoms with Gasteiger partial charge in [-0.3, -0.25) is 38.4 Å². The van der Waals surface area contributed by atoms with Gasteiger partial charge >= 0.3 is 11.9 Å². The number of carboxylic acids is 2. The first-order chi connectivity index (χ1) is 24.7. The zero-order valence-electron chi connectivity index (χ0n) is 29.7. The Bertz CT molecular complexity index is 1300. The molecule has 0 radical (unpaired) electrons. The number of aliphatic hydroxyl groups is 2. The second-order valence-corrected chi connectivity index (χ2v) is 12.8. The van der Waals surface area contributed by atoms with E-state index in [-0.39, 0.29) is 18.7 Å². The molecule has 0 unspecified atom stereocenters. The molecule has 23 heteroatoms. The molecular weight excluding hydrogens is 726 g/mol. The fraction of sp³-hybridized carbons (Fsp3) is 0.700. The van der Waals surface area contributed by atoms with Crippen LogP contribution in [0.4, 0.5) is 0 Å². The smallest absolute Gasteiger partial charge is 0.326 e. The lowest BCUT2D eigenvalue weighted by molar-refractivity contribution is -0.143. The molecule has 0 fully saturated rings. The van der Waals surface area contributed by atoms with E-state index in [1.54, 1.807) is 0 Å². The highest BCUT2D eigenvalue weighted by Gasteiger charge is 2.36. The SMILES string of the molecule is CC(C)[C@H](NC(=O)[C@@H](NC(=O)[C@H](CO)NC(=O)[C@H](CC(N)=O)NC(=O)[C@@H](N)CS)[C@@H](C)O)C(=O)N[C@@H](CCCCN)C(=O)N[C@@H](CCC(=O)O)C(=O)O. The van der Waals surface area contributed by atoms with Crippen LogP contribution in [-0.4, -0.2) is 141 Å². The van der Waals surface area contributed by atoms with Gasteiger partial charge in [-0.05, 0) is 45.1 Å². The van der Waals surface area contributed by atoms with E-state index >= 15 is 0 Å². The van der Waals surface area contributed by atoms with Crippen LogP contribution in [0.5, 0.6) is 0 Å². The number of nitrogens with two attached hydrogens (primary N) is 3. The molecule has 0 aliphatic heterocycles. The van der Waals surface area contributed by atoms with E-state index in [1.165, 1.54) is 13.8 Å². The molecule has 0 heterocycles. The number of primary amides is 1. The second-order valence-electron chi connectivity index (χ2n) is 12.4. The van der Waals surface area contributed by atoms with Crippen molar-refractivity contribution in [1.82, 2.24) is 31.9 Å². The van der Waals surface area contributed by atoms with E-state index in [0.717, 1.165) is 6.92 Å². The van der Waals surface area contributed by atoms with Gasteiger partial charge in [-0.2, -0.15) is 12.6 Å². The molecule has 0 bridgehead atoms. The number of aliphatic carboxylic acids is 2. The Kier molecular flexibility index (Phi) is 22.5. The highest BCUT2D eigenvalue weighted by Crippen LogP contribution is 2.09. The van der Waals surface area contributed by atoms with Gasteiger partial charge in [-0.1, -0.05) is 13.8 Å². The zero-order valence-corrected chi connectivity index (χ0v) is 30.6. The first-order valence-electron chi connectivity index (χ1n) is 16.6. The minimum absolute atomic E-state index is 0.00853. The Balaban J connectivity index is 5.99. The van der Waals surface area contributed by atoms with Crippen molar-refractivity contribution >= 4 is 65.9 Å². The van der Waals surface area contributed by atoms with Gasteiger partial charge in [-0.15, -0.1) is 0 Å². The molecule has 0 rings (SSSR count). The molecule has 0 spiro atoms. The summed E-state index contributed by atoms with van der Waals surface area (Å²) in [6.45, 7) is 3.36. The number of unbranched alkanes of at least 4 members (excludes halogenated alkanes) is 1. The van der Waals surface area contributed by atoms with E-state index in [9.17, 15) is 58.5 Å².